The first-order chi connectivity index (χ1) is 17.0. The summed E-state index contributed by atoms with van der Waals surface area (Å²) in [6.45, 7) is 4.55. The zero-order chi connectivity index (χ0) is 24.5. The molecule has 182 valence electrons. The summed E-state index contributed by atoms with van der Waals surface area (Å²) >= 11 is 5.27. The van der Waals surface area contributed by atoms with Gasteiger partial charge < -0.3 is 14.8 Å². The van der Waals surface area contributed by atoms with Gasteiger partial charge in [0.15, 0.2) is 17.3 Å². The minimum absolute atomic E-state index is 0.143. The highest BCUT2D eigenvalue weighted by Crippen LogP contribution is 2.45. The average Bonchev–Trinajstić information content (AvgIpc) is 3.25. The van der Waals surface area contributed by atoms with Crippen LogP contribution in [0.4, 0.5) is 5.95 Å². The minimum atomic E-state index is -0.385. The van der Waals surface area contributed by atoms with E-state index in [0.717, 1.165) is 45.5 Å². The number of aromatic nitrogens is 3. The van der Waals surface area contributed by atoms with Crippen LogP contribution in [0.5, 0.6) is 11.5 Å². The Bertz CT molecular complexity index is 1300. The van der Waals surface area contributed by atoms with Crippen molar-refractivity contribution in [3.05, 3.63) is 68.8 Å². The van der Waals surface area contributed by atoms with E-state index in [4.69, 9.17) is 14.6 Å². The summed E-state index contributed by atoms with van der Waals surface area (Å²) in [6, 6.07) is 11.8. The number of allylic oxidation sites excluding steroid dienone is 2. The number of hydrogen-bond acceptors (Lipinski definition) is 7. The molecule has 1 aliphatic heterocycles. The Hall–Kier alpha value is -2.78. The molecule has 1 N–H and O–H groups in total. The highest BCUT2D eigenvalue weighted by molar-refractivity contribution is 9.10. The summed E-state index contributed by atoms with van der Waals surface area (Å²) in [5, 5.41) is 8.81. The van der Waals surface area contributed by atoms with E-state index in [0.29, 0.717) is 35.6 Å². The predicted octanol–water partition coefficient (Wildman–Crippen LogP) is 6.07. The van der Waals surface area contributed by atoms with E-state index in [1.807, 2.05) is 16.8 Å². The van der Waals surface area contributed by atoms with E-state index < -0.39 is 0 Å². The summed E-state index contributed by atoms with van der Waals surface area (Å²) in [5.74, 6) is 2.89. The van der Waals surface area contributed by atoms with Gasteiger partial charge in [0.05, 0.1) is 11.6 Å². The predicted molar refractivity (Wildman–Crippen MR) is 140 cm³/mol. The topological polar surface area (TPSA) is 78.3 Å². The zero-order valence-corrected chi connectivity index (χ0v) is 22.3. The Morgan fingerprint density at radius 3 is 2.77 bits per heavy atom. The number of thioether (sulfide) groups is 1. The number of halogens is 1. The maximum atomic E-state index is 13.1. The number of aryl methyl sites for hydroxylation is 1. The standard InChI is InChI=1S/C26H27BrN4O3S/c1-4-35-26-29-25-28-19-6-5-7-20(32)22(19)23(31(25)30-26)17-12-18(27)24(21(13-17)33-3)34-14-16-10-8-15(2)9-11-16/h8-13,23H,4-7,14H2,1-3H3,(H,28,29,30). The highest BCUT2D eigenvalue weighted by Gasteiger charge is 2.37. The van der Waals surface area contributed by atoms with Gasteiger partial charge in [-0.1, -0.05) is 48.5 Å². The molecule has 9 heteroatoms. The molecular formula is C26H27BrN4O3S. The van der Waals surface area contributed by atoms with Crippen LogP contribution in [0, 0.1) is 6.92 Å². The lowest BCUT2D eigenvalue weighted by atomic mass is 9.85. The van der Waals surface area contributed by atoms with Crippen LogP contribution in [0.2, 0.25) is 0 Å². The maximum Gasteiger partial charge on any atom is 0.227 e. The molecule has 2 heterocycles. The van der Waals surface area contributed by atoms with Crippen molar-refractivity contribution in [2.45, 2.75) is 50.9 Å². The fourth-order valence-corrected chi connectivity index (χ4v) is 5.64. The number of carbonyl (C=O) groups is 1. The van der Waals surface area contributed by atoms with Crippen LogP contribution in [0.3, 0.4) is 0 Å². The van der Waals surface area contributed by atoms with Crippen LogP contribution in [-0.2, 0) is 11.4 Å². The third kappa shape index (κ3) is 4.71. The van der Waals surface area contributed by atoms with Crippen molar-refractivity contribution in [2.24, 2.45) is 0 Å². The number of carbonyl (C=O) groups excluding carboxylic acids is 1. The quantitative estimate of drug-likeness (QED) is 0.355. The van der Waals surface area contributed by atoms with Gasteiger partial charge >= 0.3 is 0 Å². The molecule has 0 spiro atoms. The number of Topliss-reactive ketones (excluding diaryl/α,β-unsaturated/α-hetero) is 1. The number of fused-ring (bicyclic) bond motifs is 1. The molecule has 0 saturated carbocycles. The first-order valence-corrected chi connectivity index (χ1v) is 13.4. The summed E-state index contributed by atoms with van der Waals surface area (Å²) in [5.41, 5.74) is 4.86. The first-order valence-electron chi connectivity index (χ1n) is 11.7. The second kappa shape index (κ2) is 10.1. The van der Waals surface area contributed by atoms with Gasteiger partial charge in [0.1, 0.15) is 12.6 Å². The maximum absolute atomic E-state index is 13.1. The molecule has 0 fully saturated rings. The van der Waals surface area contributed by atoms with Crippen LogP contribution in [0.15, 0.2) is 57.3 Å². The van der Waals surface area contributed by atoms with E-state index in [2.05, 4.69) is 64.3 Å². The number of rotatable bonds is 7. The van der Waals surface area contributed by atoms with Crippen molar-refractivity contribution in [3.63, 3.8) is 0 Å². The van der Waals surface area contributed by atoms with Crippen LogP contribution >= 0.6 is 27.7 Å². The lowest BCUT2D eigenvalue weighted by Crippen LogP contribution is -2.31. The Morgan fingerprint density at radius 2 is 2.03 bits per heavy atom. The van der Waals surface area contributed by atoms with E-state index in [1.54, 1.807) is 18.9 Å². The van der Waals surface area contributed by atoms with Crippen LogP contribution in [0.25, 0.3) is 0 Å². The molecule has 2 aliphatic rings. The number of hydrogen-bond donors (Lipinski definition) is 1. The fraction of sp³-hybridized carbons (Fsp3) is 0.346. The summed E-state index contributed by atoms with van der Waals surface area (Å²) in [7, 11) is 1.63. The van der Waals surface area contributed by atoms with Crippen LogP contribution < -0.4 is 14.8 Å². The third-order valence-electron chi connectivity index (χ3n) is 6.19. The number of anilines is 1. The Balaban J connectivity index is 1.54. The molecule has 35 heavy (non-hydrogen) atoms. The number of methoxy groups -OCH3 is 1. The largest absolute Gasteiger partial charge is 0.493 e. The highest BCUT2D eigenvalue weighted by atomic mass is 79.9. The molecule has 1 atom stereocenters. The van der Waals surface area contributed by atoms with Gasteiger partial charge in [-0.3, -0.25) is 4.79 Å². The van der Waals surface area contributed by atoms with Crippen LogP contribution in [-0.4, -0.2) is 33.4 Å². The van der Waals surface area contributed by atoms with Crippen LogP contribution in [0.1, 0.15) is 48.9 Å². The molecule has 0 bridgehead atoms. The van der Waals surface area contributed by atoms with E-state index >= 15 is 0 Å². The average molecular weight is 555 g/mol. The molecule has 0 saturated heterocycles. The molecule has 1 unspecified atom stereocenters. The van der Waals surface area contributed by atoms with Gasteiger partial charge in [0, 0.05) is 17.7 Å². The van der Waals surface area contributed by atoms with E-state index in [1.165, 1.54) is 5.56 Å². The number of benzene rings is 2. The molecule has 0 radical (unpaired) electrons. The summed E-state index contributed by atoms with van der Waals surface area (Å²) < 4.78 is 14.5. The number of nitrogens with zero attached hydrogens (tertiary/aromatic N) is 3. The van der Waals surface area contributed by atoms with Crippen molar-refractivity contribution in [2.75, 3.05) is 18.2 Å². The number of ketones is 1. The van der Waals surface area contributed by atoms with Gasteiger partial charge in [-0.2, -0.15) is 4.98 Å². The summed E-state index contributed by atoms with van der Waals surface area (Å²) in [6.07, 6.45) is 2.19. The minimum Gasteiger partial charge on any atom is -0.493 e. The fourth-order valence-electron chi connectivity index (χ4n) is 4.51. The molecule has 5 rings (SSSR count). The molecule has 7 nitrogen and oxygen atoms in total. The second-order valence-electron chi connectivity index (χ2n) is 8.60. The summed E-state index contributed by atoms with van der Waals surface area (Å²) in [4.78, 5) is 17.8. The molecule has 1 aliphatic carbocycles. The number of nitrogens with one attached hydrogen (secondary N) is 1. The zero-order valence-electron chi connectivity index (χ0n) is 19.9. The van der Waals surface area contributed by atoms with Gasteiger partial charge in [-0.15, -0.1) is 5.10 Å². The van der Waals surface area contributed by atoms with Crippen molar-refractivity contribution in [3.8, 4) is 11.5 Å². The Kier molecular flexibility index (Phi) is 6.88. The van der Waals surface area contributed by atoms with Gasteiger partial charge in [0.25, 0.3) is 0 Å². The van der Waals surface area contributed by atoms with Gasteiger partial charge in [0.2, 0.25) is 11.1 Å². The molecule has 2 aromatic carbocycles. The van der Waals surface area contributed by atoms with E-state index in [-0.39, 0.29) is 11.8 Å². The molecule has 1 aromatic heterocycles. The lowest BCUT2D eigenvalue weighted by Gasteiger charge is -2.32. The lowest BCUT2D eigenvalue weighted by molar-refractivity contribution is -0.116. The first kappa shape index (κ1) is 23.9. The van der Waals surface area contributed by atoms with Crippen molar-refractivity contribution in [1.82, 2.24) is 14.8 Å². The van der Waals surface area contributed by atoms with Gasteiger partial charge in [-0.25, -0.2) is 4.68 Å². The molecule has 3 aromatic rings. The van der Waals surface area contributed by atoms with Crippen molar-refractivity contribution in [1.29, 1.82) is 0 Å². The smallest absolute Gasteiger partial charge is 0.227 e. The van der Waals surface area contributed by atoms with E-state index in [9.17, 15) is 4.79 Å². The van der Waals surface area contributed by atoms with Crippen molar-refractivity contribution >= 4 is 39.4 Å². The third-order valence-corrected chi connectivity index (χ3v) is 7.50. The second-order valence-corrected chi connectivity index (χ2v) is 10.7. The monoisotopic (exact) mass is 554 g/mol. The Morgan fingerprint density at radius 1 is 1.23 bits per heavy atom. The molecule has 0 amide bonds. The number of ether oxygens (including phenoxy) is 2. The SMILES string of the molecule is CCSc1nc2n(n1)C(c1cc(Br)c(OCc3ccc(C)cc3)c(OC)c1)C1=C(CCCC1=O)N2. The molecular weight excluding hydrogens is 528 g/mol. The normalized spacial score (nSPS) is 17.0. The van der Waals surface area contributed by atoms with Gasteiger partial charge in [-0.05, 0) is 64.7 Å². The Labute approximate surface area is 217 Å². The van der Waals surface area contributed by atoms with Crippen molar-refractivity contribution < 1.29 is 14.3 Å².